The molecule has 0 aromatic heterocycles. The molecule has 3 heteroatoms. The minimum atomic E-state index is -1.12. The average Bonchev–Trinajstić information content (AvgIpc) is 2.61. The summed E-state index contributed by atoms with van der Waals surface area (Å²) < 4.78 is 0. The van der Waals surface area contributed by atoms with Gasteiger partial charge in [-0.2, -0.15) is 0 Å². The Kier molecular flexibility index (Phi) is 5.31. The molecule has 3 rings (SSSR count). The van der Waals surface area contributed by atoms with E-state index in [1.54, 1.807) is 12.1 Å². The lowest BCUT2D eigenvalue weighted by Crippen LogP contribution is -2.00. The number of benzene rings is 3. The first-order valence-electron chi connectivity index (χ1n) is 9.04. The summed E-state index contributed by atoms with van der Waals surface area (Å²) in [5, 5.41) is 19.3. The fourth-order valence-electron chi connectivity index (χ4n) is 3.59. The van der Waals surface area contributed by atoms with Crippen LogP contribution in [0.15, 0.2) is 54.6 Å². The van der Waals surface area contributed by atoms with Crippen LogP contribution in [-0.4, -0.2) is 16.2 Å². The predicted molar refractivity (Wildman–Crippen MR) is 108 cm³/mol. The van der Waals surface area contributed by atoms with E-state index in [1.807, 2.05) is 12.1 Å². The van der Waals surface area contributed by atoms with Gasteiger partial charge in [-0.25, -0.2) is 4.79 Å². The highest BCUT2D eigenvalue weighted by molar-refractivity contribution is 5.91. The Morgan fingerprint density at radius 2 is 1.41 bits per heavy atom. The van der Waals surface area contributed by atoms with Crippen LogP contribution in [0.5, 0.6) is 5.75 Å². The number of aryl methyl sites for hydroxylation is 3. The van der Waals surface area contributed by atoms with E-state index in [-0.39, 0.29) is 11.3 Å². The highest BCUT2D eigenvalue weighted by atomic mass is 16.4. The van der Waals surface area contributed by atoms with Crippen LogP contribution in [0.1, 0.15) is 49.3 Å². The lowest BCUT2D eigenvalue weighted by atomic mass is 9.93. The monoisotopic (exact) mass is 360 g/mol. The summed E-state index contributed by atoms with van der Waals surface area (Å²) in [6.07, 6.45) is 1.38. The highest BCUT2D eigenvalue weighted by Crippen LogP contribution is 2.26. The number of para-hydroxylation sites is 1. The average molecular weight is 360 g/mol. The first kappa shape index (κ1) is 18.7. The summed E-state index contributed by atoms with van der Waals surface area (Å²) in [4.78, 5) is 11.2. The lowest BCUT2D eigenvalue weighted by Gasteiger charge is -2.12. The molecular weight excluding hydrogens is 336 g/mol. The molecule has 0 spiro atoms. The third kappa shape index (κ3) is 4.20. The fourth-order valence-corrected chi connectivity index (χ4v) is 3.59. The molecule has 0 radical (unpaired) electrons. The Labute approximate surface area is 159 Å². The molecule has 0 aliphatic carbocycles. The van der Waals surface area contributed by atoms with Gasteiger partial charge in [0.25, 0.3) is 0 Å². The van der Waals surface area contributed by atoms with Gasteiger partial charge < -0.3 is 10.2 Å². The van der Waals surface area contributed by atoms with Crippen molar-refractivity contribution in [2.24, 2.45) is 0 Å². The number of hydrogen-bond donors (Lipinski definition) is 2. The lowest BCUT2D eigenvalue weighted by molar-refractivity contribution is 0.0693. The van der Waals surface area contributed by atoms with Crippen LogP contribution in [0, 0.1) is 20.8 Å². The van der Waals surface area contributed by atoms with Gasteiger partial charge in [-0.15, -0.1) is 0 Å². The molecule has 0 aliphatic heterocycles. The topological polar surface area (TPSA) is 57.5 Å². The van der Waals surface area contributed by atoms with Gasteiger partial charge in [-0.1, -0.05) is 54.1 Å². The Morgan fingerprint density at radius 1 is 0.852 bits per heavy atom. The smallest absolute Gasteiger partial charge is 0.339 e. The number of carboxylic acid groups (broad SMARTS) is 1. The van der Waals surface area contributed by atoms with E-state index in [4.69, 9.17) is 5.11 Å². The second-order valence-corrected chi connectivity index (χ2v) is 7.17. The Balaban J connectivity index is 1.79. The van der Waals surface area contributed by atoms with Crippen molar-refractivity contribution in [3.8, 4) is 5.75 Å². The molecule has 0 bridgehead atoms. The van der Waals surface area contributed by atoms with Crippen molar-refractivity contribution in [3.63, 3.8) is 0 Å². The zero-order valence-electron chi connectivity index (χ0n) is 15.9. The maximum atomic E-state index is 11.2. The third-order valence-electron chi connectivity index (χ3n) is 4.99. The normalized spacial score (nSPS) is 10.8. The molecule has 0 unspecified atom stereocenters. The van der Waals surface area contributed by atoms with Crippen molar-refractivity contribution in [1.29, 1.82) is 0 Å². The summed E-state index contributed by atoms with van der Waals surface area (Å²) in [7, 11) is 0. The molecule has 0 amide bonds. The van der Waals surface area contributed by atoms with Crippen molar-refractivity contribution < 1.29 is 15.0 Å². The van der Waals surface area contributed by atoms with E-state index in [1.165, 1.54) is 33.9 Å². The van der Waals surface area contributed by atoms with Gasteiger partial charge in [-0.05, 0) is 66.6 Å². The molecule has 0 aliphatic rings. The summed E-state index contributed by atoms with van der Waals surface area (Å²) >= 11 is 0. The Morgan fingerprint density at radius 3 is 1.96 bits per heavy atom. The van der Waals surface area contributed by atoms with Crippen molar-refractivity contribution in [3.05, 3.63) is 99.1 Å². The van der Waals surface area contributed by atoms with Crippen molar-refractivity contribution in [2.75, 3.05) is 0 Å². The largest absolute Gasteiger partial charge is 0.507 e. The number of aromatic carboxylic acids is 1. The van der Waals surface area contributed by atoms with Gasteiger partial charge in [0.05, 0.1) is 0 Å². The number of phenols is 1. The van der Waals surface area contributed by atoms with Crippen LogP contribution in [0.2, 0.25) is 0 Å². The second-order valence-electron chi connectivity index (χ2n) is 7.17. The molecular formula is C24H24O3. The minimum absolute atomic E-state index is 0.0607. The molecule has 0 heterocycles. The Bertz CT molecular complexity index is 962. The summed E-state index contributed by atoms with van der Waals surface area (Å²) in [6, 6.07) is 17.6. The van der Waals surface area contributed by atoms with Crippen molar-refractivity contribution >= 4 is 5.97 Å². The van der Waals surface area contributed by atoms with Crippen LogP contribution in [0.25, 0.3) is 0 Å². The van der Waals surface area contributed by atoms with Crippen molar-refractivity contribution in [1.82, 2.24) is 0 Å². The summed E-state index contributed by atoms with van der Waals surface area (Å²) in [6.45, 7) is 6.43. The standard InChI is InChI=1S/C24H24O3/c1-15-11-16(2)22(17(3)12-15)14-19-9-7-18(8-10-19)13-20-5-4-6-21(23(20)25)24(26)27/h4-12,25H,13-14H2,1-3H3,(H,26,27). The fraction of sp³-hybridized carbons (Fsp3) is 0.208. The van der Waals surface area contributed by atoms with Crippen molar-refractivity contribution in [2.45, 2.75) is 33.6 Å². The number of hydrogen-bond acceptors (Lipinski definition) is 2. The van der Waals surface area contributed by atoms with E-state index in [2.05, 4.69) is 45.0 Å². The van der Waals surface area contributed by atoms with Crippen LogP contribution in [-0.2, 0) is 12.8 Å². The molecule has 2 N–H and O–H groups in total. The number of carboxylic acids is 1. The predicted octanol–water partition coefficient (Wildman–Crippen LogP) is 5.20. The van der Waals surface area contributed by atoms with Gasteiger partial charge in [0.15, 0.2) is 0 Å². The minimum Gasteiger partial charge on any atom is -0.507 e. The maximum absolute atomic E-state index is 11.2. The summed E-state index contributed by atoms with van der Waals surface area (Å²) in [5.41, 5.74) is 8.10. The zero-order chi connectivity index (χ0) is 19.6. The molecule has 0 fully saturated rings. The molecule has 138 valence electrons. The van der Waals surface area contributed by atoms with Gasteiger partial charge >= 0.3 is 5.97 Å². The third-order valence-corrected chi connectivity index (χ3v) is 4.99. The quantitative estimate of drug-likeness (QED) is 0.658. The van der Waals surface area contributed by atoms with Gasteiger partial charge in [0.1, 0.15) is 11.3 Å². The SMILES string of the molecule is Cc1cc(C)c(Cc2ccc(Cc3cccc(C(=O)O)c3O)cc2)c(C)c1. The molecule has 3 aromatic carbocycles. The molecule has 3 aromatic rings. The number of aromatic hydroxyl groups is 1. The highest BCUT2D eigenvalue weighted by Gasteiger charge is 2.13. The van der Waals surface area contributed by atoms with E-state index in [0.717, 1.165) is 12.0 Å². The summed E-state index contributed by atoms with van der Waals surface area (Å²) in [5.74, 6) is -1.27. The van der Waals surface area contributed by atoms with Crippen LogP contribution >= 0.6 is 0 Å². The Hall–Kier alpha value is -3.07. The van der Waals surface area contributed by atoms with E-state index < -0.39 is 5.97 Å². The number of carbonyl (C=O) groups is 1. The van der Waals surface area contributed by atoms with Gasteiger partial charge in [0, 0.05) is 6.42 Å². The molecule has 27 heavy (non-hydrogen) atoms. The van der Waals surface area contributed by atoms with E-state index >= 15 is 0 Å². The molecule has 0 saturated heterocycles. The number of rotatable bonds is 5. The van der Waals surface area contributed by atoms with Gasteiger partial charge in [-0.3, -0.25) is 0 Å². The second kappa shape index (κ2) is 7.67. The molecule has 3 nitrogen and oxygen atoms in total. The van der Waals surface area contributed by atoms with Crippen LogP contribution in [0.3, 0.4) is 0 Å². The first-order valence-corrected chi connectivity index (χ1v) is 9.04. The maximum Gasteiger partial charge on any atom is 0.339 e. The first-order chi connectivity index (χ1) is 12.8. The molecule has 0 atom stereocenters. The van der Waals surface area contributed by atoms with Crippen LogP contribution in [0.4, 0.5) is 0 Å². The van der Waals surface area contributed by atoms with E-state index in [9.17, 15) is 9.90 Å². The van der Waals surface area contributed by atoms with E-state index in [0.29, 0.717) is 12.0 Å². The van der Waals surface area contributed by atoms with Gasteiger partial charge in [0.2, 0.25) is 0 Å². The zero-order valence-corrected chi connectivity index (χ0v) is 15.9. The van der Waals surface area contributed by atoms with Crippen LogP contribution < -0.4 is 0 Å². The molecule has 0 saturated carbocycles.